The van der Waals surface area contributed by atoms with Gasteiger partial charge in [-0.3, -0.25) is 4.79 Å². The molecule has 0 aliphatic carbocycles. The van der Waals surface area contributed by atoms with E-state index in [2.05, 4.69) is 0 Å². The zero-order valence-corrected chi connectivity index (χ0v) is 6.81. The molecule has 1 aromatic carbocycles. The Morgan fingerprint density at radius 3 is 2.46 bits per heavy atom. The van der Waals surface area contributed by atoms with Gasteiger partial charge in [0.25, 0.3) is 0 Å². The molecule has 0 saturated heterocycles. The topological polar surface area (TPSA) is 57.9 Å². The molecule has 0 bridgehead atoms. The molecule has 1 unspecified atom stereocenters. The average molecular weight is 173 g/mol. The summed E-state index contributed by atoms with van der Waals surface area (Å²) < 4.78 is 0. The maximum absolute atomic E-state index is 11.4. The van der Waals surface area contributed by atoms with Crippen LogP contribution in [0.3, 0.4) is 0 Å². The van der Waals surface area contributed by atoms with Crippen molar-refractivity contribution in [1.29, 1.82) is 5.26 Å². The van der Waals surface area contributed by atoms with Gasteiger partial charge < -0.3 is 4.79 Å². The summed E-state index contributed by atoms with van der Waals surface area (Å²) in [5.41, 5.74) is 0.390. The van der Waals surface area contributed by atoms with Gasteiger partial charge in [-0.25, -0.2) is 0 Å². The van der Waals surface area contributed by atoms with E-state index in [1.807, 2.05) is 0 Å². The lowest BCUT2D eigenvalue weighted by atomic mass is 10.0. The van der Waals surface area contributed by atoms with E-state index in [1.165, 1.54) is 0 Å². The molecule has 3 nitrogen and oxygen atoms in total. The molecule has 0 fully saturated rings. The van der Waals surface area contributed by atoms with Gasteiger partial charge in [0.05, 0.1) is 6.07 Å². The van der Waals surface area contributed by atoms with Crippen LogP contribution in [0.4, 0.5) is 0 Å². The molecule has 0 radical (unpaired) electrons. The summed E-state index contributed by atoms with van der Waals surface area (Å²) in [7, 11) is 0. The van der Waals surface area contributed by atoms with Crippen molar-refractivity contribution in [2.75, 3.05) is 0 Å². The molecule has 13 heavy (non-hydrogen) atoms. The first-order chi connectivity index (χ1) is 6.29. The molecule has 1 atom stereocenters. The Balaban J connectivity index is 2.93. The van der Waals surface area contributed by atoms with E-state index >= 15 is 0 Å². The van der Waals surface area contributed by atoms with Crippen LogP contribution in [0.2, 0.25) is 0 Å². The van der Waals surface area contributed by atoms with Crippen molar-refractivity contribution >= 4 is 12.1 Å². The summed E-state index contributed by atoms with van der Waals surface area (Å²) in [5, 5.41) is 8.46. The highest BCUT2D eigenvalue weighted by Crippen LogP contribution is 2.05. The molecule has 0 aliphatic heterocycles. The number of rotatable bonds is 3. The Labute approximate surface area is 75.6 Å². The van der Waals surface area contributed by atoms with Crippen LogP contribution in [-0.2, 0) is 4.79 Å². The van der Waals surface area contributed by atoms with Gasteiger partial charge in [-0.1, -0.05) is 30.3 Å². The van der Waals surface area contributed by atoms with Crippen LogP contribution in [0.25, 0.3) is 0 Å². The van der Waals surface area contributed by atoms with Crippen molar-refractivity contribution in [1.82, 2.24) is 0 Å². The van der Waals surface area contributed by atoms with E-state index < -0.39 is 11.7 Å². The zero-order chi connectivity index (χ0) is 9.68. The van der Waals surface area contributed by atoms with Gasteiger partial charge in [0.1, 0.15) is 6.29 Å². The third-order valence-electron chi connectivity index (χ3n) is 1.62. The quantitative estimate of drug-likeness (QED) is 0.392. The third-order valence-corrected chi connectivity index (χ3v) is 1.62. The highest BCUT2D eigenvalue weighted by atomic mass is 16.1. The van der Waals surface area contributed by atoms with E-state index in [1.54, 1.807) is 36.4 Å². The Morgan fingerprint density at radius 1 is 1.38 bits per heavy atom. The number of nitrogens with zero attached hydrogens (tertiary/aromatic N) is 1. The monoisotopic (exact) mass is 173 g/mol. The number of aldehydes is 1. The lowest BCUT2D eigenvalue weighted by Gasteiger charge is -1.99. The number of nitriles is 1. The lowest BCUT2D eigenvalue weighted by molar-refractivity contribution is -0.108. The van der Waals surface area contributed by atoms with E-state index in [-0.39, 0.29) is 0 Å². The van der Waals surface area contributed by atoms with Gasteiger partial charge in [-0.2, -0.15) is 5.26 Å². The smallest absolute Gasteiger partial charge is 0.187 e. The second-order valence-electron chi connectivity index (χ2n) is 2.47. The molecule has 1 aromatic rings. The van der Waals surface area contributed by atoms with Crippen LogP contribution in [0.15, 0.2) is 30.3 Å². The van der Waals surface area contributed by atoms with Crippen molar-refractivity contribution in [3.05, 3.63) is 35.9 Å². The summed E-state index contributed by atoms with van der Waals surface area (Å²) in [6.45, 7) is 0. The molecule has 0 amide bonds. The van der Waals surface area contributed by atoms with Crippen LogP contribution in [0.1, 0.15) is 10.4 Å². The van der Waals surface area contributed by atoms with E-state index in [0.717, 1.165) is 0 Å². The number of benzene rings is 1. The van der Waals surface area contributed by atoms with Crippen LogP contribution >= 0.6 is 0 Å². The Kier molecular flexibility index (Phi) is 2.93. The molecular formula is C10H7NO2. The van der Waals surface area contributed by atoms with Crippen molar-refractivity contribution < 1.29 is 9.59 Å². The predicted octanol–water partition coefficient (Wildman–Crippen LogP) is 1.21. The average Bonchev–Trinajstić information content (AvgIpc) is 2.21. The summed E-state index contributed by atoms with van der Waals surface area (Å²) in [4.78, 5) is 21.7. The molecule has 64 valence electrons. The maximum atomic E-state index is 11.4. The molecule has 0 N–H and O–H groups in total. The van der Waals surface area contributed by atoms with Crippen LogP contribution in [0.5, 0.6) is 0 Å². The number of carbonyl (C=O) groups excluding carboxylic acids is 2. The molecule has 0 aromatic heterocycles. The summed E-state index contributed by atoms with van der Waals surface area (Å²) in [6, 6.07) is 9.93. The van der Waals surface area contributed by atoms with Crippen molar-refractivity contribution in [3.8, 4) is 6.07 Å². The lowest BCUT2D eigenvalue weighted by Crippen LogP contribution is -2.13. The summed E-state index contributed by atoms with van der Waals surface area (Å²) in [5.74, 6) is -1.62. The Morgan fingerprint density at radius 2 is 2.00 bits per heavy atom. The van der Waals surface area contributed by atoms with Gasteiger partial charge in [-0.15, -0.1) is 0 Å². The Hall–Kier alpha value is -1.95. The summed E-state index contributed by atoms with van der Waals surface area (Å²) in [6.07, 6.45) is 0.356. The summed E-state index contributed by atoms with van der Waals surface area (Å²) >= 11 is 0. The molecule has 3 heteroatoms. The number of ketones is 1. The van der Waals surface area contributed by atoms with Crippen molar-refractivity contribution in [3.63, 3.8) is 0 Å². The second kappa shape index (κ2) is 4.17. The first kappa shape index (κ1) is 9.14. The second-order valence-corrected chi connectivity index (χ2v) is 2.47. The number of carbonyl (C=O) groups is 2. The molecule has 0 spiro atoms. The fourth-order valence-corrected chi connectivity index (χ4v) is 0.933. The minimum absolute atomic E-state index is 0.356. The Bertz CT molecular complexity index is 351. The van der Waals surface area contributed by atoms with E-state index in [0.29, 0.717) is 11.8 Å². The highest BCUT2D eigenvalue weighted by molar-refractivity contribution is 6.07. The standard InChI is InChI=1S/C10H7NO2/c11-6-9(7-12)10(13)8-4-2-1-3-5-8/h1-5,7,9H. The van der Waals surface area contributed by atoms with Crippen LogP contribution < -0.4 is 0 Å². The number of hydrogen-bond acceptors (Lipinski definition) is 3. The first-order valence-corrected chi connectivity index (χ1v) is 3.73. The largest absolute Gasteiger partial charge is 0.301 e. The normalized spacial score (nSPS) is 11.3. The fourth-order valence-electron chi connectivity index (χ4n) is 0.933. The molecule has 1 rings (SSSR count). The minimum atomic E-state index is -1.18. The maximum Gasteiger partial charge on any atom is 0.187 e. The molecular weight excluding hydrogens is 166 g/mol. The van der Waals surface area contributed by atoms with Gasteiger partial charge in [-0.05, 0) is 0 Å². The first-order valence-electron chi connectivity index (χ1n) is 3.73. The fraction of sp³-hybridized carbons (Fsp3) is 0.100. The van der Waals surface area contributed by atoms with Gasteiger partial charge in [0.2, 0.25) is 0 Å². The minimum Gasteiger partial charge on any atom is -0.301 e. The third kappa shape index (κ3) is 2.00. The van der Waals surface area contributed by atoms with E-state index in [4.69, 9.17) is 5.26 Å². The van der Waals surface area contributed by atoms with Crippen LogP contribution in [0, 0.1) is 17.2 Å². The molecule has 0 aliphatic rings. The van der Waals surface area contributed by atoms with Gasteiger partial charge >= 0.3 is 0 Å². The number of Topliss-reactive ketones (excluding diaryl/α,β-unsaturated/α-hetero) is 1. The van der Waals surface area contributed by atoms with E-state index in [9.17, 15) is 9.59 Å². The SMILES string of the molecule is N#CC(C=O)C(=O)c1ccccc1. The van der Waals surface area contributed by atoms with Gasteiger partial charge in [0.15, 0.2) is 11.7 Å². The van der Waals surface area contributed by atoms with Crippen molar-refractivity contribution in [2.24, 2.45) is 5.92 Å². The van der Waals surface area contributed by atoms with Crippen LogP contribution in [-0.4, -0.2) is 12.1 Å². The van der Waals surface area contributed by atoms with Gasteiger partial charge in [0, 0.05) is 5.56 Å². The van der Waals surface area contributed by atoms with Crippen molar-refractivity contribution in [2.45, 2.75) is 0 Å². The highest BCUT2D eigenvalue weighted by Gasteiger charge is 2.17. The number of hydrogen-bond donors (Lipinski definition) is 0. The molecule has 0 heterocycles. The predicted molar refractivity (Wildman–Crippen MR) is 45.9 cm³/mol. The zero-order valence-electron chi connectivity index (χ0n) is 6.81. The molecule has 0 saturated carbocycles.